The SMILES string of the molecule is Cc1cccc(NC(=O)COc2ccc(Cl)cc2/C=C(\C#N)C(=O)Nc2cccc(Cl)c2)c1. The summed E-state index contributed by atoms with van der Waals surface area (Å²) in [5, 5.41) is 15.7. The van der Waals surface area contributed by atoms with E-state index >= 15 is 0 Å². The van der Waals surface area contributed by atoms with E-state index in [1.54, 1.807) is 48.5 Å². The highest BCUT2D eigenvalue weighted by atomic mass is 35.5. The molecule has 166 valence electrons. The third-order valence-electron chi connectivity index (χ3n) is 4.38. The number of aryl methyl sites for hydroxylation is 1. The minimum Gasteiger partial charge on any atom is -0.483 e. The number of benzene rings is 3. The van der Waals surface area contributed by atoms with Crippen LogP contribution in [0, 0.1) is 18.3 Å². The third-order valence-corrected chi connectivity index (χ3v) is 4.85. The van der Waals surface area contributed by atoms with Crippen molar-refractivity contribution in [2.75, 3.05) is 17.2 Å². The highest BCUT2D eigenvalue weighted by molar-refractivity contribution is 6.31. The smallest absolute Gasteiger partial charge is 0.266 e. The van der Waals surface area contributed by atoms with Crippen molar-refractivity contribution in [3.8, 4) is 11.8 Å². The molecule has 0 saturated heterocycles. The van der Waals surface area contributed by atoms with E-state index in [1.807, 2.05) is 31.2 Å². The van der Waals surface area contributed by atoms with Gasteiger partial charge in [0.05, 0.1) is 0 Å². The Kier molecular flexibility index (Phi) is 8.09. The lowest BCUT2D eigenvalue weighted by Gasteiger charge is -2.11. The highest BCUT2D eigenvalue weighted by Crippen LogP contribution is 2.26. The number of rotatable bonds is 7. The summed E-state index contributed by atoms with van der Waals surface area (Å²) < 4.78 is 5.64. The van der Waals surface area contributed by atoms with Gasteiger partial charge in [-0.2, -0.15) is 5.26 Å². The molecule has 0 atom stereocenters. The first-order valence-corrected chi connectivity index (χ1v) is 10.6. The van der Waals surface area contributed by atoms with Gasteiger partial charge in [0.15, 0.2) is 6.61 Å². The fourth-order valence-corrected chi connectivity index (χ4v) is 3.27. The number of nitrogens with zero attached hydrogens (tertiary/aromatic N) is 1. The lowest BCUT2D eigenvalue weighted by Crippen LogP contribution is -2.20. The predicted molar refractivity (Wildman–Crippen MR) is 130 cm³/mol. The minimum absolute atomic E-state index is 0.175. The Morgan fingerprint density at radius 2 is 1.67 bits per heavy atom. The van der Waals surface area contributed by atoms with Crippen LogP contribution < -0.4 is 15.4 Å². The molecule has 0 heterocycles. The van der Waals surface area contributed by atoms with Gasteiger partial charge in [-0.15, -0.1) is 0 Å². The zero-order valence-electron chi connectivity index (χ0n) is 17.6. The molecule has 0 aliphatic heterocycles. The molecule has 3 aromatic rings. The van der Waals surface area contributed by atoms with E-state index in [9.17, 15) is 14.9 Å². The maximum atomic E-state index is 12.6. The summed E-state index contributed by atoms with van der Waals surface area (Å²) >= 11 is 12.0. The van der Waals surface area contributed by atoms with Crippen molar-refractivity contribution in [1.82, 2.24) is 0 Å². The van der Waals surface area contributed by atoms with E-state index in [-0.39, 0.29) is 18.1 Å². The van der Waals surface area contributed by atoms with Gasteiger partial charge in [-0.1, -0.05) is 41.4 Å². The molecule has 0 aliphatic rings. The number of anilines is 2. The van der Waals surface area contributed by atoms with E-state index in [0.717, 1.165) is 5.56 Å². The van der Waals surface area contributed by atoms with E-state index in [1.165, 1.54) is 6.08 Å². The van der Waals surface area contributed by atoms with Crippen molar-refractivity contribution >= 4 is 52.5 Å². The summed E-state index contributed by atoms with van der Waals surface area (Å²) in [5.41, 5.74) is 2.32. The number of hydrogen-bond donors (Lipinski definition) is 2. The molecule has 3 aromatic carbocycles. The number of ether oxygens (including phenoxy) is 1. The maximum absolute atomic E-state index is 12.6. The molecular formula is C25H19Cl2N3O3. The van der Waals surface area contributed by atoms with Gasteiger partial charge >= 0.3 is 0 Å². The van der Waals surface area contributed by atoms with Gasteiger partial charge in [-0.3, -0.25) is 9.59 Å². The van der Waals surface area contributed by atoms with Gasteiger partial charge in [-0.25, -0.2) is 0 Å². The van der Waals surface area contributed by atoms with Crippen LogP contribution in [0.4, 0.5) is 11.4 Å². The summed E-state index contributed by atoms with van der Waals surface area (Å²) in [7, 11) is 0. The van der Waals surface area contributed by atoms with Crippen LogP contribution in [0.2, 0.25) is 10.0 Å². The van der Waals surface area contributed by atoms with Crippen molar-refractivity contribution in [2.45, 2.75) is 6.92 Å². The third kappa shape index (κ3) is 7.11. The predicted octanol–water partition coefficient (Wildman–Crippen LogP) is 5.87. The molecule has 6 nitrogen and oxygen atoms in total. The summed E-state index contributed by atoms with van der Waals surface area (Å²) in [6.07, 6.45) is 1.35. The molecule has 0 radical (unpaired) electrons. The van der Waals surface area contributed by atoms with Crippen molar-refractivity contribution < 1.29 is 14.3 Å². The number of hydrogen-bond acceptors (Lipinski definition) is 4. The quantitative estimate of drug-likeness (QED) is 0.327. The van der Waals surface area contributed by atoms with Crippen molar-refractivity contribution in [2.24, 2.45) is 0 Å². The van der Waals surface area contributed by atoms with Gasteiger partial charge in [0.1, 0.15) is 17.4 Å². The van der Waals surface area contributed by atoms with E-state index in [0.29, 0.717) is 32.7 Å². The molecule has 8 heteroatoms. The zero-order chi connectivity index (χ0) is 23.8. The second-order valence-corrected chi connectivity index (χ2v) is 7.90. The van der Waals surface area contributed by atoms with Crippen LogP contribution in [0.3, 0.4) is 0 Å². The average Bonchev–Trinajstić information content (AvgIpc) is 2.76. The Morgan fingerprint density at radius 1 is 0.970 bits per heavy atom. The fourth-order valence-electron chi connectivity index (χ4n) is 2.90. The molecule has 3 rings (SSSR count). The average molecular weight is 480 g/mol. The van der Waals surface area contributed by atoms with Crippen molar-refractivity contribution in [1.29, 1.82) is 5.26 Å². The summed E-state index contributed by atoms with van der Waals surface area (Å²) in [6.45, 7) is 1.65. The van der Waals surface area contributed by atoms with E-state index in [4.69, 9.17) is 27.9 Å². The molecular weight excluding hydrogens is 461 g/mol. The topological polar surface area (TPSA) is 91.2 Å². The first-order chi connectivity index (χ1) is 15.8. The van der Waals surface area contributed by atoms with Gasteiger partial charge < -0.3 is 15.4 Å². The Morgan fingerprint density at radius 3 is 2.36 bits per heavy atom. The molecule has 0 aliphatic carbocycles. The van der Waals surface area contributed by atoms with Gasteiger partial charge in [0.25, 0.3) is 11.8 Å². The second-order valence-electron chi connectivity index (χ2n) is 7.02. The first kappa shape index (κ1) is 23.9. The lowest BCUT2D eigenvalue weighted by atomic mass is 10.1. The van der Waals surface area contributed by atoms with Gasteiger partial charge in [0, 0.05) is 27.0 Å². The standard InChI is InChI=1S/C25H19Cl2N3O3/c1-16-4-2-6-21(10-16)29-24(31)15-33-23-9-8-20(27)12-17(23)11-18(14-28)25(32)30-22-7-3-5-19(26)13-22/h2-13H,15H2,1H3,(H,29,31)(H,30,32)/b18-11+. The summed E-state index contributed by atoms with van der Waals surface area (Å²) in [4.78, 5) is 24.9. The molecule has 0 spiro atoms. The molecule has 0 aromatic heterocycles. The maximum Gasteiger partial charge on any atom is 0.266 e. The summed E-state index contributed by atoms with van der Waals surface area (Å²) in [5.74, 6) is -0.685. The largest absolute Gasteiger partial charge is 0.483 e. The molecule has 0 unspecified atom stereocenters. The van der Waals surface area contributed by atoms with Crippen LogP contribution >= 0.6 is 23.2 Å². The fraction of sp³-hybridized carbons (Fsp3) is 0.0800. The molecule has 2 amide bonds. The van der Waals surface area contributed by atoms with Crippen molar-refractivity contribution in [3.63, 3.8) is 0 Å². The molecule has 2 N–H and O–H groups in total. The first-order valence-electron chi connectivity index (χ1n) is 9.81. The van der Waals surface area contributed by atoms with Gasteiger partial charge in [-0.05, 0) is 67.1 Å². The molecule has 0 bridgehead atoms. The Balaban J connectivity index is 1.75. The van der Waals surface area contributed by atoms with E-state index < -0.39 is 5.91 Å². The second kappa shape index (κ2) is 11.2. The highest BCUT2D eigenvalue weighted by Gasteiger charge is 2.13. The Hall–Kier alpha value is -3.79. The van der Waals surface area contributed by atoms with Crippen molar-refractivity contribution in [3.05, 3.63) is 93.5 Å². The Labute approximate surface area is 201 Å². The number of carbonyl (C=O) groups is 2. The normalized spacial score (nSPS) is 10.8. The molecule has 33 heavy (non-hydrogen) atoms. The monoisotopic (exact) mass is 479 g/mol. The Bertz CT molecular complexity index is 1270. The number of nitrogens with one attached hydrogen (secondary N) is 2. The lowest BCUT2D eigenvalue weighted by molar-refractivity contribution is -0.118. The number of carbonyl (C=O) groups excluding carboxylic acids is 2. The van der Waals surface area contributed by atoms with Crippen LogP contribution in [0.25, 0.3) is 6.08 Å². The number of nitriles is 1. The summed E-state index contributed by atoms with van der Waals surface area (Å²) in [6, 6.07) is 20.5. The molecule has 0 fully saturated rings. The van der Waals surface area contributed by atoms with Crippen LogP contribution in [-0.4, -0.2) is 18.4 Å². The molecule has 0 saturated carbocycles. The zero-order valence-corrected chi connectivity index (χ0v) is 19.1. The number of halogens is 2. The van der Waals surface area contributed by atoms with Crippen LogP contribution in [0.15, 0.2) is 72.3 Å². The minimum atomic E-state index is -0.622. The van der Waals surface area contributed by atoms with Gasteiger partial charge in [0.2, 0.25) is 0 Å². The van der Waals surface area contributed by atoms with E-state index in [2.05, 4.69) is 10.6 Å². The number of amides is 2. The van der Waals surface area contributed by atoms with Crippen LogP contribution in [-0.2, 0) is 9.59 Å². The van der Waals surface area contributed by atoms with Crippen LogP contribution in [0.5, 0.6) is 5.75 Å². The van der Waals surface area contributed by atoms with Crippen LogP contribution in [0.1, 0.15) is 11.1 Å².